The molecule has 0 spiro atoms. The van der Waals surface area contributed by atoms with Crippen LogP contribution >= 0.6 is 0 Å². The number of nitrogens with zero attached hydrogens (tertiary/aromatic N) is 2. The molecule has 170 valence electrons. The highest BCUT2D eigenvalue weighted by Crippen LogP contribution is 2.28. The van der Waals surface area contributed by atoms with Gasteiger partial charge in [0.2, 0.25) is 6.17 Å². The van der Waals surface area contributed by atoms with Crippen molar-refractivity contribution in [2.75, 3.05) is 11.9 Å². The third kappa shape index (κ3) is 4.37. The minimum Gasteiger partial charge on any atom is -0.466 e. The van der Waals surface area contributed by atoms with Gasteiger partial charge in [0.15, 0.2) is 0 Å². The summed E-state index contributed by atoms with van der Waals surface area (Å²) in [5.41, 5.74) is 2.56. The van der Waals surface area contributed by atoms with E-state index in [2.05, 4.69) is 15.6 Å². The Morgan fingerprint density at radius 3 is 2.45 bits per heavy atom. The molecule has 0 saturated heterocycles. The molecule has 0 aliphatic carbocycles. The van der Waals surface area contributed by atoms with E-state index in [0.29, 0.717) is 22.7 Å². The number of aliphatic imine (C=N–C) groups is 1. The van der Waals surface area contributed by atoms with Crippen LogP contribution in [0.1, 0.15) is 41.2 Å². The van der Waals surface area contributed by atoms with Gasteiger partial charge in [-0.2, -0.15) is 0 Å². The lowest BCUT2D eigenvalue weighted by molar-refractivity contribution is -0.119. The second-order valence-electron chi connectivity index (χ2n) is 7.98. The van der Waals surface area contributed by atoms with Gasteiger partial charge in [-0.25, -0.2) is 14.2 Å². The molecule has 1 aromatic heterocycles. The van der Waals surface area contributed by atoms with Crippen molar-refractivity contribution in [1.82, 2.24) is 10.6 Å². The Labute approximate surface area is 191 Å². The van der Waals surface area contributed by atoms with Gasteiger partial charge < -0.3 is 20.0 Å². The number of aryl methyl sites for hydroxylation is 2. The van der Waals surface area contributed by atoms with Crippen LogP contribution in [-0.4, -0.2) is 30.9 Å². The molecule has 2 unspecified atom stereocenters. The van der Waals surface area contributed by atoms with Gasteiger partial charge in [0.25, 0.3) is 5.91 Å². The molecule has 8 heteroatoms. The summed E-state index contributed by atoms with van der Waals surface area (Å²) < 4.78 is 20.2. The van der Waals surface area contributed by atoms with Crippen LogP contribution in [0, 0.1) is 19.7 Å². The van der Waals surface area contributed by atoms with E-state index in [-0.39, 0.29) is 11.6 Å². The maximum atomic E-state index is 14.7. The van der Waals surface area contributed by atoms with Crippen LogP contribution in [0.25, 0.3) is 0 Å². The van der Waals surface area contributed by atoms with Crippen molar-refractivity contribution in [3.05, 3.63) is 88.6 Å². The van der Waals surface area contributed by atoms with E-state index in [1.165, 1.54) is 11.0 Å². The Morgan fingerprint density at radius 2 is 1.79 bits per heavy atom. The van der Waals surface area contributed by atoms with Gasteiger partial charge in [-0.15, -0.1) is 0 Å². The molecule has 2 atom stereocenters. The van der Waals surface area contributed by atoms with Crippen molar-refractivity contribution in [3.63, 3.8) is 0 Å². The number of halogens is 1. The maximum Gasteiger partial charge on any atom is 0.317 e. The SMILES string of the molecule is Cc1cc(C(C)NC(=O)NC2N=C(c3ccccc3F)c3ccccc3N(C)C2=O)c(C)o1. The Bertz CT molecular complexity index is 1250. The van der Waals surface area contributed by atoms with Crippen LogP contribution in [0.15, 0.2) is 64.0 Å². The second-order valence-corrected chi connectivity index (χ2v) is 7.98. The summed E-state index contributed by atoms with van der Waals surface area (Å²) in [4.78, 5) is 31.9. The minimum atomic E-state index is -1.24. The number of benzene rings is 2. The lowest BCUT2D eigenvalue weighted by Crippen LogP contribution is -2.49. The fourth-order valence-corrected chi connectivity index (χ4v) is 4.00. The van der Waals surface area contributed by atoms with Crippen LogP contribution < -0.4 is 15.5 Å². The Balaban J connectivity index is 1.67. The van der Waals surface area contributed by atoms with Gasteiger partial charge >= 0.3 is 6.03 Å². The molecule has 3 amide bonds. The van der Waals surface area contributed by atoms with E-state index in [4.69, 9.17) is 4.42 Å². The second kappa shape index (κ2) is 8.90. The number of likely N-dealkylation sites (N-methyl/N-ethyl adjacent to an activating group) is 1. The fourth-order valence-electron chi connectivity index (χ4n) is 4.00. The predicted octanol–water partition coefficient (Wildman–Crippen LogP) is 4.24. The summed E-state index contributed by atoms with van der Waals surface area (Å²) in [7, 11) is 1.60. The molecular formula is C25H25FN4O3. The molecule has 2 N–H and O–H groups in total. The number of amides is 3. The van der Waals surface area contributed by atoms with Gasteiger partial charge in [0, 0.05) is 23.7 Å². The highest BCUT2D eigenvalue weighted by Gasteiger charge is 2.32. The van der Waals surface area contributed by atoms with Crippen LogP contribution in [-0.2, 0) is 4.79 Å². The van der Waals surface area contributed by atoms with Crippen molar-refractivity contribution >= 4 is 23.3 Å². The average Bonchev–Trinajstić information content (AvgIpc) is 3.09. The van der Waals surface area contributed by atoms with Gasteiger partial charge in [0.05, 0.1) is 17.4 Å². The number of rotatable bonds is 4. The van der Waals surface area contributed by atoms with Crippen molar-refractivity contribution in [2.24, 2.45) is 4.99 Å². The number of benzodiazepines with no additional fused rings is 1. The first kappa shape index (κ1) is 22.3. The third-order valence-electron chi connectivity index (χ3n) is 5.63. The van der Waals surface area contributed by atoms with Crippen molar-refractivity contribution in [3.8, 4) is 0 Å². The summed E-state index contributed by atoms with van der Waals surface area (Å²) in [6.45, 7) is 5.48. The van der Waals surface area contributed by atoms with Crippen LogP contribution in [0.2, 0.25) is 0 Å². The fraction of sp³-hybridized carbons (Fsp3) is 0.240. The topological polar surface area (TPSA) is 86.9 Å². The molecule has 2 aromatic carbocycles. The Morgan fingerprint density at radius 1 is 1.12 bits per heavy atom. The molecule has 0 bridgehead atoms. The van der Waals surface area contributed by atoms with Crippen molar-refractivity contribution in [1.29, 1.82) is 0 Å². The number of nitrogens with one attached hydrogen (secondary N) is 2. The largest absolute Gasteiger partial charge is 0.466 e. The van der Waals surface area contributed by atoms with Gasteiger partial charge in [-0.05, 0) is 45.0 Å². The van der Waals surface area contributed by atoms with Crippen LogP contribution in [0.4, 0.5) is 14.9 Å². The molecule has 0 saturated carbocycles. The van der Waals surface area contributed by atoms with E-state index >= 15 is 0 Å². The Hall–Kier alpha value is -3.94. The first-order chi connectivity index (χ1) is 15.8. The molecule has 4 rings (SSSR count). The zero-order chi connectivity index (χ0) is 23.7. The standard InChI is InChI=1S/C25H25FN4O3/c1-14-13-19(16(3)33-14)15(2)27-25(32)29-23-24(31)30(4)21-12-8-6-10-18(21)22(28-23)17-9-5-7-11-20(17)26/h5-13,15,23H,1-4H3,(H2,27,29,32). The smallest absolute Gasteiger partial charge is 0.317 e. The number of para-hydroxylation sites is 1. The zero-order valence-corrected chi connectivity index (χ0v) is 18.8. The number of hydrogen-bond acceptors (Lipinski definition) is 4. The van der Waals surface area contributed by atoms with Crippen LogP contribution in [0.5, 0.6) is 0 Å². The first-order valence-corrected chi connectivity index (χ1v) is 10.6. The molecule has 1 aliphatic heterocycles. The highest BCUT2D eigenvalue weighted by molar-refractivity contribution is 6.20. The van der Waals surface area contributed by atoms with E-state index in [0.717, 1.165) is 11.3 Å². The lowest BCUT2D eigenvalue weighted by Gasteiger charge is -2.21. The molecular weight excluding hydrogens is 423 g/mol. The van der Waals surface area contributed by atoms with Crippen molar-refractivity contribution < 1.29 is 18.4 Å². The van der Waals surface area contributed by atoms with E-state index < -0.39 is 23.9 Å². The van der Waals surface area contributed by atoms with Crippen LogP contribution in [0.3, 0.4) is 0 Å². The zero-order valence-electron chi connectivity index (χ0n) is 18.8. The molecule has 1 aliphatic rings. The van der Waals surface area contributed by atoms with Gasteiger partial charge in [0.1, 0.15) is 17.3 Å². The molecule has 0 radical (unpaired) electrons. The number of anilines is 1. The predicted molar refractivity (Wildman–Crippen MR) is 124 cm³/mol. The monoisotopic (exact) mass is 448 g/mol. The summed E-state index contributed by atoms with van der Waals surface area (Å²) in [5.74, 6) is 0.549. The molecule has 33 heavy (non-hydrogen) atoms. The van der Waals surface area contributed by atoms with Gasteiger partial charge in [-0.1, -0.05) is 30.3 Å². The Kier molecular flexibility index (Phi) is 6.00. The number of fused-ring (bicyclic) bond motifs is 1. The average molecular weight is 448 g/mol. The normalized spacial score (nSPS) is 16.5. The maximum absolute atomic E-state index is 14.7. The van der Waals surface area contributed by atoms with Crippen molar-refractivity contribution in [2.45, 2.75) is 33.0 Å². The first-order valence-electron chi connectivity index (χ1n) is 10.6. The summed E-state index contributed by atoms with van der Waals surface area (Å²) in [5, 5.41) is 5.45. The summed E-state index contributed by atoms with van der Waals surface area (Å²) in [6, 6.07) is 14.3. The van der Waals surface area contributed by atoms with E-state index in [1.54, 1.807) is 49.5 Å². The number of hydrogen-bond donors (Lipinski definition) is 2. The molecule has 0 fully saturated rings. The number of carbonyl (C=O) groups is 2. The lowest BCUT2D eigenvalue weighted by atomic mass is 10.00. The third-order valence-corrected chi connectivity index (χ3v) is 5.63. The number of furan rings is 1. The number of urea groups is 1. The molecule has 2 heterocycles. The minimum absolute atomic E-state index is 0.248. The van der Waals surface area contributed by atoms with E-state index in [9.17, 15) is 14.0 Å². The number of carbonyl (C=O) groups excluding carboxylic acids is 2. The quantitative estimate of drug-likeness (QED) is 0.626. The van der Waals surface area contributed by atoms with Gasteiger partial charge in [-0.3, -0.25) is 4.79 Å². The molecule has 7 nitrogen and oxygen atoms in total. The highest BCUT2D eigenvalue weighted by atomic mass is 19.1. The summed E-state index contributed by atoms with van der Waals surface area (Å²) >= 11 is 0. The molecule has 3 aromatic rings. The summed E-state index contributed by atoms with van der Waals surface area (Å²) in [6.07, 6.45) is -1.24. The van der Waals surface area contributed by atoms with E-state index in [1.807, 2.05) is 26.8 Å².